The fourth-order valence-corrected chi connectivity index (χ4v) is 5.95. The first-order chi connectivity index (χ1) is 15.9. The van der Waals surface area contributed by atoms with Gasteiger partial charge in [-0.1, -0.05) is 35.5 Å². The van der Waals surface area contributed by atoms with Crippen molar-refractivity contribution in [3.05, 3.63) is 69.2 Å². The van der Waals surface area contributed by atoms with E-state index < -0.39 is 17.5 Å². The molecular formula is C24H18N2O5S2. The molecule has 0 atom stereocenters. The Bertz CT molecular complexity index is 1390. The summed E-state index contributed by atoms with van der Waals surface area (Å²) < 4.78 is 11.6. The molecule has 33 heavy (non-hydrogen) atoms. The molecule has 9 heteroatoms. The number of carboxylic acids is 1. The number of thiophene rings is 2. The summed E-state index contributed by atoms with van der Waals surface area (Å²) in [4.78, 5) is 25.5. The van der Waals surface area contributed by atoms with Gasteiger partial charge in [0.2, 0.25) is 5.76 Å². The topological polar surface area (TPSA) is 102 Å². The van der Waals surface area contributed by atoms with E-state index in [-0.39, 0.29) is 12.4 Å². The van der Waals surface area contributed by atoms with Crippen LogP contribution in [-0.2, 0) is 21.6 Å². The Balaban J connectivity index is 1.29. The van der Waals surface area contributed by atoms with Crippen LogP contribution < -0.4 is 5.32 Å². The van der Waals surface area contributed by atoms with Crippen LogP contribution in [0, 0.1) is 18.8 Å². The van der Waals surface area contributed by atoms with Crippen molar-refractivity contribution in [2.45, 2.75) is 31.8 Å². The molecule has 1 saturated carbocycles. The van der Waals surface area contributed by atoms with Gasteiger partial charge in [-0.2, -0.15) is 0 Å². The number of carboxylic acid groups (broad SMARTS) is 1. The third-order valence-corrected chi connectivity index (χ3v) is 7.96. The highest BCUT2D eigenvalue weighted by Crippen LogP contribution is 2.52. The normalized spacial score (nSPS) is 13.8. The number of ether oxygens (including phenoxy) is 1. The highest BCUT2D eigenvalue weighted by molar-refractivity contribution is 7.38. The molecule has 1 aliphatic rings. The number of rotatable bonds is 5. The smallest absolute Gasteiger partial charge is 0.412 e. The number of carbonyl (C=O) groups is 2. The van der Waals surface area contributed by atoms with Crippen LogP contribution in [0.2, 0.25) is 0 Å². The second-order valence-corrected chi connectivity index (χ2v) is 10.1. The van der Waals surface area contributed by atoms with E-state index in [1.54, 1.807) is 6.92 Å². The fraction of sp³-hybridized carbons (Fsp3) is 0.208. The lowest BCUT2D eigenvalue weighted by molar-refractivity contribution is -0.139. The molecule has 0 radical (unpaired) electrons. The Labute approximate surface area is 197 Å². The lowest BCUT2D eigenvalue weighted by Gasteiger charge is -2.06. The number of amides is 1. The first-order valence-electron chi connectivity index (χ1n) is 10.2. The van der Waals surface area contributed by atoms with Crippen molar-refractivity contribution in [3.63, 3.8) is 0 Å². The van der Waals surface area contributed by atoms with Gasteiger partial charge < -0.3 is 14.4 Å². The minimum atomic E-state index is -0.751. The molecule has 4 aromatic rings. The zero-order chi connectivity index (χ0) is 23.0. The maximum atomic E-state index is 12.2. The van der Waals surface area contributed by atoms with Gasteiger partial charge in [-0.3, -0.25) is 10.1 Å². The van der Waals surface area contributed by atoms with Crippen LogP contribution in [0.3, 0.4) is 0 Å². The van der Waals surface area contributed by atoms with Crippen molar-refractivity contribution < 1.29 is 24.0 Å². The first kappa shape index (κ1) is 21.2. The quantitative estimate of drug-likeness (QED) is 0.366. The number of anilines is 1. The number of nitrogens with one attached hydrogen (secondary N) is 1. The molecule has 1 aromatic carbocycles. The summed E-state index contributed by atoms with van der Waals surface area (Å²) in [6, 6.07) is 13.3. The SMILES string of the molecule is Cc1noc(C#Cc2cc3cc(C4(C(=O)O)CC4)sc3s2)c1NC(=O)OCc1ccccc1. The summed E-state index contributed by atoms with van der Waals surface area (Å²) >= 11 is 3.02. The average molecular weight is 479 g/mol. The molecule has 0 spiro atoms. The third kappa shape index (κ3) is 4.23. The summed E-state index contributed by atoms with van der Waals surface area (Å²) in [7, 11) is 0. The largest absolute Gasteiger partial charge is 0.481 e. The van der Waals surface area contributed by atoms with Crippen molar-refractivity contribution in [3.8, 4) is 11.8 Å². The van der Waals surface area contributed by atoms with Crippen LogP contribution in [0.1, 0.15) is 39.6 Å². The maximum absolute atomic E-state index is 12.2. The van der Waals surface area contributed by atoms with Crippen molar-refractivity contribution in [2.24, 2.45) is 0 Å². The summed E-state index contributed by atoms with van der Waals surface area (Å²) in [6.45, 7) is 1.86. The van der Waals surface area contributed by atoms with Crippen LogP contribution in [0.25, 0.3) is 9.40 Å². The third-order valence-electron chi connectivity index (χ3n) is 5.45. The molecular weight excluding hydrogens is 460 g/mol. The summed E-state index contributed by atoms with van der Waals surface area (Å²) in [5, 5.41) is 17.0. The standard InChI is InChI=1S/C24H18N2O5S2/c1-14-20(25-23(29)30-13-15-5-3-2-4-6-15)18(31-26-14)8-7-17-11-16-12-19(33-21(16)32-17)24(9-10-24)22(27)28/h2-6,11-12H,9-10,13H2,1H3,(H,25,29)(H,27,28). The van der Waals surface area contributed by atoms with Crippen LogP contribution >= 0.6 is 22.7 Å². The van der Waals surface area contributed by atoms with Gasteiger partial charge in [0.1, 0.15) is 23.4 Å². The van der Waals surface area contributed by atoms with Gasteiger partial charge in [0, 0.05) is 10.3 Å². The number of aliphatic carboxylic acids is 1. The maximum Gasteiger partial charge on any atom is 0.412 e. The lowest BCUT2D eigenvalue weighted by atomic mass is 10.1. The number of fused-ring (bicyclic) bond motifs is 1. The molecule has 1 amide bonds. The Kier molecular flexibility index (Phi) is 5.40. The lowest BCUT2D eigenvalue weighted by Crippen LogP contribution is -2.17. The van der Waals surface area contributed by atoms with Crippen molar-refractivity contribution >= 4 is 49.8 Å². The molecule has 0 unspecified atom stereocenters. The monoisotopic (exact) mass is 478 g/mol. The Hall–Kier alpha value is -3.61. The molecule has 1 aliphatic carbocycles. The number of aromatic nitrogens is 1. The average Bonchev–Trinajstić information content (AvgIpc) is 3.24. The molecule has 3 aromatic heterocycles. The number of hydrogen-bond donors (Lipinski definition) is 2. The van der Waals surface area contributed by atoms with E-state index in [9.17, 15) is 14.7 Å². The van der Waals surface area contributed by atoms with E-state index in [1.165, 1.54) is 22.7 Å². The number of carbonyl (C=O) groups excluding carboxylic acids is 1. The minimum absolute atomic E-state index is 0.148. The van der Waals surface area contributed by atoms with Gasteiger partial charge in [0.05, 0.1) is 8.89 Å². The second-order valence-electron chi connectivity index (χ2n) is 7.76. The summed E-state index contributed by atoms with van der Waals surface area (Å²) in [6.07, 6.45) is 0.763. The van der Waals surface area contributed by atoms with E-state index in [1.807, 2.05) is 42.5 Å². The number of nitrogens with zero attached hydrogens (tertiary/aromatic N) is 1. The van der Waals surface area contributed by atoms with Crippen LogP contribution in [0.4, 0.5) is 10.5 Å². The highest BCUT2D eigenvalue weighted by atomic mass is 32.2. The second kappa shape index (κ2) is 8.39. The predicted octanol–water partition coefficient (Wildman–Crippen LogP) is 5.52. The zero-order valence-electron chi connectivity index (χ0n) is 17.5. The number of benzene rings is 1. The zero-order valence-corrected chi connectivity index (χ0v) is 19.1. The Morgan fingerprint density at radius 1 is 1.21 bits per heavy atom. The fourth-order valence-electron chi connectivity index (χ4n) is 3.41. The van der Waals surface area contributed by atoms with Gasteiger partial charge in [-0.05, 0) is 49.3 Å². The summed E-state index contributed by atoms with van der Waals surface area (Å²) in [5.41, 5.74) is 1.06. The highest BCUT2D eigenvalue weighted by Gasteiger charge is 2.53. The number of aryl methyl sites for hydroxylation is 1. The molecule has 7 nitrogen and oxygen atoms in total. The molecule has 5 rings (SSSR count). The van der Waals surface area contributed by atoms with Crippen LogP contribution in [0.5, 0.6) is 0 Å². The van der Waals surface area contributed by atoms with E-state index in [2.05, 4.69) is 22.3 Å². The van der Waals surface area contributed by atoms with Gasteiger partial charge in [0.15, 0.2) is 0 Å². The van der Waals surface area contributed by atoms with E-state index in [4.69, 9.17) is 9.26 Å². The van der Waals surface area contributed by atoms with E-state index in [0.29, 0.717) is 24.2 Å². The molecule has 1 fully saturated rings. The molecule has 2 N–H and O–H groups in total. The molecule has 0 bridgehead atoms. The van der Waals surface area contributed by atoms with Crippen LogP contribution in [-0.4, -0.2) is 22.3 Å². The number of hydrogen-bond acceptors (Lipinski definition) is 7. The Morgan fingerprint density at radius 3 is 2.70 bits per heavy atom. The van der Waals surface area contributed by atoms with Crippen molar-refractivity contribution in [1.82, 2.24) is 5.16 Å². The predicted molar refractivity (Wildman–Crippen MR) is 126 cm³/mol. The van der Waals surface area contributed by atoms with Gasteiger partial charge in [0.25, 0.3) is 0 Å². The minimum Gasteiger partial charge on any atom is -0.481 e. The van der Waals surface area contributed by atoms with Gasteiger partial charge in [-0.25, -0.2) is 4.79 Å². The first-order valence-corrected chi connectivity index (χ1v) is 11.8. The molecule has 0 saturated heterocycles. The molecule has 3 heterocycles. The summed E-state index contributed by atoms with van der Waals surface area (Å²) in [5.74, 6) is 5.47. The molecule has 166 valence electrons. The van der Waals surface area contributed by atoms with Crippen LogP contribution in [0.15, 0.2) is 47.0 Å². The van der Waals surface area contributed by atoms with Crippen molar-refractivity contribution in [1.29, 1.82) is 0 Å². The van der Waals surface area contributed by atoms with E-state index in [0.717, 1.165) is 24.7 Å². The Morgan fingerprint density at radius 2 is 2.00 bits per heavy atom. The van der Waals surface area contributed by atoms with E-state index >= 15 is 0 Å². The van der Waals surface area contributed by atoms with Gasteiger partial charge in [-0.15, -0.1) is 22.7 Å². The van der Waals surface area contributed by atoms with Crippen molar-refractivity contribution in [2.75, 3.05) is 5.32 Å². The molecule has 0 aliphatic heterocycles. The van der Waals surface area contributed by atoms with Gasteiger partial charge >= 0.3 is 12.1 Å².